The van der Waals surface area contributed by atoms with Crippen molar-refractivity contribution >= 4 is 12.1 Å². The van der Waals surface area contributed by atoms with Crippen LogP contribution in [0.4, 0.5) is 0 Å². The Balaban J connectivity index is 1.43. The highest BCUT2D eigenvalue weighted by Gasteiger charge is 2.05. The van der Waals surface area contributed by atoms with Gasteiger partial charge >= 0.3 is 0 Å². The molecule has 0 atom stereocenters. The highest BCUT2D eigenvalue weighted by molar-refractivity contribution is 5.95. The quantitative estimate of drug-likeness (QED) is 0.334. The highest BCUT2D eigenvalue weighted by atomic mass is 16.5. The standard InChI is InChI=1S/C24H24N2O3/c1-28-23-11-5-10-21(17-23)24(27)26-25-18-20-12-14-22(15-13-20)29-16-6-9-19-7-3-2-4-8-19/h2-5,7-8,10-15,17-18H,6,9,16H2,1H3,(H,26,27)/b25-18+. The van der Waals surface area contributed by atoms with Gasteiger partial charge in [-0.3, -0.25) is 4.79 Å². The van der Waals surface area contributed by atoms with E-state index in [9.17, 15) is 4.79 Å². The number of rotatable bonds is 9. The second-order valence-corrected chi connectivity index (χ2v) is 6.44. The zero-order valence-corrected chi connectivity index (χ0v) is 16.4. The molecule has 29 heavy (non-hydrogen) atoms. The Bertz CT molecular complexity index is 938. The first-order valence-corrected chi connectivity index (χ1v) is 9.49. The van der Waals surface area contributed by atoms with E-state index >= 15 is 0 Å². The van der Waals surface area contributed by atoms with Gasteiger partial charge in [0.25, 0.3) is 5.91 Å². The molecular weight excluding hydrogens is 364 g/mol. The number of carbonyl (C=O) groups is 1. The SMILES string of the molecule is COc1cccc(C(=O)N/N=C/c2ccc(OCCCc3ccccc3)cc2)c1. The van der Waals surface area contributed by atoms with Gasteiger partial charge in [-0.25, -0.2) is 5.43 Å². The first-order valence-electron chi connectivity index (χ1n) is 9.49. The summed E-state index contributed by atoms with van der Waals surface area (Å²) < 4.78 is 10.9. The summed E-state index contributed by atoms with van der Waals surface area (Å²) in [6.45, 7) is 0.666. The van der Waals surface area contributed by atoms with Gasteiger partial charge in [-0.2, -0.15) is 5.10 Å². The second kappa shape index (κ2) is 10.7. The van der Waals surface area contributed by atoms with Gasteiger partial charge in [0.2, 0.25) is 0 Å². The predicted molar refractivity (Wildman–Crippen MR) is 115 cm³/mol. The number of hydrogen-bond donors (Lipinski definition) is 1. The number of hydrogen-bond acceptors (Lipinski definition) is 4. The lowest BCUT2D eigenvalue weighted by molar-refractivity contribution is 0.0955. The highest BCUT2D eigenvalue weighted by Crippen LogP contribution is 2.13. The summed E-state index contributed by atoms with van der Waals surface area (Å²) in [6, 6.07) is 24.9. The number of carbonyl (C=O) groups excluding carboxylic acids is 1. The minimum absolute atomic E-state index is 0.293. The molecule has 0 aliphatic carbocycles. The van der Waals surface area contributed by atoms with E-state index in [-0.39, 0.29) is 5.91 Å². The van der Waals surface area contributed by atoms with Crippen LogP contribution in [0.5, 0.6) is 11.5 Å². The molecule has 0 radical (unpaired) electrons. The van der Waals surface area contributed by atoms with Crippen molar-refractivity contribution in [1.82, 2.24) is 5.43 Å². The zero-order valence-electron chi connectivity index (χ0n) is 16.4. The maximum Gasteiger partial charge on any atom is 0.271 e. The molecule has 3 aromatic rings. The maximum atomic E-state index is 12.1. The van der Waals surface area contributed by atoms with Crippen LogP contribution in [-0.4, -0.2) is 25.8 Å². The second-order valence-electron chi connectivity index (χ2n) is 6.44. The van der Waals surface area contributed by atoms with Gasteiger partial charge in [-0.05, 0) is 66.4 Å². The van der Waals surface area contributed by atoms with Crippen LogP contribution in [0.2, 0.25) is 0 Å². The number of amides is 1. The predicted octanol–water partition coefficient (Wildman–Crippen LogP) is 4.47. The average molecular weight is 388 g/mol. The van der Waals surface area contributed by atoms with Crippen LogP contribution < -0.4 is 14.9 Å². The molecule has 0 aliphatic heterocycles. The molecule has 0 saturated carbocycles. The summed E-state index contributed by atoms with van der Waals surface area (Å²) in [5.74, 6) is 1.15. The minimum atomic E-state index is -0.293. The summed E-state index contributed by atoms with van der Waals surface area (Å²) in [5, 5.41) is 4.01. The molecule has 0 heterocycles. The van der Waals surface area contributed by atoms with E-state index in [1.54, 1.807) is 37.6 Å². The Labute approximate surface area is 171 Å². The fraction of sp³-hybridized carbons (Fsp3) is 0.167. The normalized spacial score (nSPS) is 10.7. The van der Waals surface area contributed by atoms with Crippen molar-refractivity contribution in [3.05, 3.63) is 95.6 Å². The Morgan fingerprint density at radius 3 is 2.52 bits per heavy atom. The average Bonchev–Trinajstić information content (AvgIpc) is 2.78. The number of benzene rings is 3. The fourth-order valence-electron chi connectivity index (χ4n) is 2.76. The van der Waals surface area contributed by atoms with Gasteiger partial charge in [0.15, 0.2) is 0 Å². The largest absolute Gasteiger partial charge is 0.497 e. The number of aryl methyl sites for hydroxylation is 1. The third-order valence-corrected chi connectivity index (χ3v) is 4.31. The monoisotopic (exact) mass is 388 g/mol. The number of nitrogens with zero attached hydrogens (tertiary/aromatic N) is 1. The van der Waals surface area contributed by atoms with Crippen LogP contribution in [0.25, 0.3) is 0 Å². The zero-order chi connectivity index (χ0) is 20.3. The smallest absolute Gasteiger partial charge is 0.271 e. The molecule has 0 fully saturated rings. The molecule has 0 saturated heterocycles. The number of hydrazone groups is 1. The third kappa shape index (κ3) is 6.50. The molecule has 0 bridgehead atoms. The molecule has 3 aromatic carbocycles. The van der Waals surface area contributed by atoms with Gasteiger partial charge in [0.1, 0.15) is 11.5 Å². The van der Waals surface area contributed by atoms with Crippen molar-refractivity contribution in [2.75, 3.05) is 13.7 Å². The van der Waals surface area contributed by atoms with Crippen LogP contribution in [0.15, 0.2) is 84.0 Å². The lowest BCUT2D eigenvalue weighted by atomic mass is 10.1. The number of methoxy groups -OCH3 is 1. The molecular formula is C24H24N2O3. The third-order valence-electron chi connectivity index (χ3n) is 4.31. The van der Waals surface area contributed by atoms with E-state index in [0.29, 0.717) is 17.9 Å². The van der Waals surface area contributed by atoms with Crippen molar-refractivity contribution in [3.8, 4) is 11.5 Å². The number of nitrogens with one attached hydrogen (secondary N) is 1. The summed E-state index contributed by atoms with van der Waals surface area (Å²) in [4.78, 5) is 12.1. The van der Waals surface area contributed by atoms with Gasteiger partial charge in [0, 0.05) is 5.56 Å². The van der Waals surface area contributed by atoms with Crippen molar-refractivity contribution < 1.29 is 14.3 Å². The molecule has 148 valence electrons. The van der Waals surface area contributed by atoms with E-state index in [1.165, 1.54) is 5.56 Å². The summed E-state index contributed by atoms with van der Waals surface area (Å²) in [6.07, 6.45) is 3.55. The molecule has 0 unspecified atom stereocenters. The fourth-order valence-corrected chi connectivity index (χ4v) is 2.76. The molecule has 0 aromatic heterocycles. The van der Waals surface area contributed by atoms with Gasteiger partial charge in [-0.1, -0.05) is 36.4 Å². The Morgan fingerprint density at radius 2 is 1.76 bits per heavy atom. The summed E-state index contributed by atoms with van der Waals surface area (Å²) >= 11 is 0. The lowest BCUT2D eigenvalue weighted by Gasteiger charge is -2.06. The van der Waals surface area contributed by atoms with Crippen molar-refractivity contribution in [1.29, 1.82) is 0 Å². The molecule has 0 aliphatic rings. The van der Waals surface area contributed by atoms with Crippen molar-refractivity contribution in [2.45, 2.75) is 12.8 Å². The van der Waals surface area contributed by atoms with Crippen LogP contribution in [0.1, 0.15) is 27.9 Å². The first kappa shape index (κ1) is 20.1. The first-order chi connectivity index (χ1) is 14.2. The van der Waals surface area contributed by atoms with E-state index in [2.05, 4.69) is 34.8 Å². The molecule has 0 spiro atoms. The Morgan fingerprint density at radius 1 is 0.966 bits per heavy atom. The molecule has 1 amide bonds. The molecule has 3 rings (SSSR count). The van der Waals surface area contributed by atoms with Gasteiger partial charge in [-0.15, -0.1) is 0 Å². The van der Waals surface area contributed by atoms with Crippen molar-refractivity contribution in [2.24, 2.45) is 5.10 Å². The van der Waals surface area contributed by atoms with Crippen LogP contribution in [0.3, 0.4) is 0 Å². The Kier molecular flexibility index (Phi) is 7.41. The summed E-state index contributed by atoms with van der Waals surface area (Å²) in [7, 11) is 1.56. The van der Waals surface area contributed by atoms with E-state index < -0.39 is 0 Å². The van der Waals surface area contributed by atoms with Gasteiger partial charge < -0.3 is 9.47 Å². The van der Waals surface area contributed by atoms with E-state index in [1.807, 2.05) is 30.3 Å². The molecule has 5 nitrogen and oxygen atoms in total. The van der Waals surface area contributed by atoms with E-state index in [4.69, 9.17) is 9.47 Å². The van der Waals surface area contributed by atoms with Crippen LogP contribution >= 0.6 is 0 Å². The van der Waals surface area contributed by atoms with Crippen LogP contribution in [0, 0.1) is 0 Å². The van der Waals surface area contributed by atoms with E-state index in [0.717, 1.165) is 24.2 Å². The van der Waals surface area contributed by atoms with Crippen molar-refractivity contribution in [3.63, 3.8) is 0 Å². The Hall–Kier alpha value is -3.60. The molecule has 5 heteroatoms. The topological polar surface area (TPSA) is 59.9 Å². The summed E-state index contributed by atoms with van der Waals surface area (Å²) in [5.41, 5.74) is 5.19. The lowest BCUT2D eigenvalue weighted by Crippen LogP contribution is -2.17. The molecule has 1 N–H and O–H groups in total. The maximum absolute atomic E-state index is 12.1. The number of ether oxygens (including phenoxy) is 2. The van der Waals surface area contributed by atoms with Crippen LogP contribution in [-0.2, 0) is 6.42 Å². The van der Waals surface area contributed by atoms with Gasteiger partial charge in [0.05, 0.1) is 19.9 Å². The minimum Gasteiger partial charge on any atom is -0.497 e.